The van der Waals surface area contributed by atoms with Crippen molar-refractivity contribution >= 4 is 22.8 Å². The van der Waals surface area contributed by atoms with Crippen molar-refractivity contribution in [3.05, 3.63) is 156 Å². The molecule has 6 heteroatoms. The maximum Gasteiger partial charge on any atom is 0.335 e. The molecule has 44 heavy (non-hydrogen) atoms. The Kier molecular flexibility index (Phi) is 6.95. The Balaban J connectivity index is 1.22. The van der Waals surface area contributed by atoms with Crippen molar-refractivity contribution in [2.75, 3.05) is 0 Å². The summed E-state index contributed by atoms with van der Waals surface area (Å²) in [5.41, 5.74) is 5.38. The van der Waals surface area contributed by atoms with Gasteiger partial charge in [-0.3, -0.25) is 4.79 Å². The molecular weight excluding hydrogens is 548 g/mol. The summed E-state index contributed by atoms with van der Waals surface area (Å²) in [6.07, 6.45) is 3.57. The van der Waals surface area contributed by atoms with Crippen LogP contribution in [0.5, 0.6) is 11.5 Å². The number of aromatic nitrogens is 1. The molecule has 1 fully saturated rings. The normalized spacial score (nSPS) is 13.4. The Morgan fingerprint density at radius 2 is 1.41 bits per heavy atom. The summed E-state index contributed by atoms with van der Waals surface area (Å²) in [6, 6.07) is 40.9. The summed E-state index contributed by atoms with van der Waals surface area (Å²) in [6.45, 7) is 0.597. The van der Waals surface area contributed by atoms with Gasteiger partial charge in [0.2, 0.25) is 0 Å². The van der Waals surface area contributed by atoms with Gasteiger partial charge in [0.25, 0.3) is 5.91 Å². The van der Waals surface area contributed by atoms with Gasteiger partial charge in [-0.05, 0) is 77.6 Å². The van der Waals surface area contributed by atoms with Gasteiger partial charge in [0.1, 0.15) is 11.5 Å². The van der Waals surface area contributed by atoms with Crippen LogP contribution in [0.2, 0.25) is 0 Å². The molecule has 6 aromatic rings. The molecule has 216 valence electrons. The molecule has 1 aliphatic carbocycles. The number of fused-ring (bicyclic) bond motifs is 1. The van der Waals surface area contributed by atoms with Crippen molar-refractivity contribution in [2.45, 2.75) is 24.9 Å². The van der Waals surface area contributed by atoms with E-state index in [9.17, 15) is 14.7 Å². The molecule has 0 atom stereocenters. The summed E-state index contributed by atoms with van der Waals surface area (Å²) < 4.78 is 8.29. The second-order valence-corrected chi connectivity index (χ2v) is 11.2. The van der Waals surface area contributed by atoms with Crippen LogP contribution in [0.15, 0.2) is 134 Å². The number of rotatable bonds is 9. The number of carboxylic acids is 1. The number of benzene rings is 5. The number of hydrogen-bond acceptors (Lipinski definition) is 3. The Bertz CT molecular complexity index is 1960. The van der Waals surface area contributed by atoms with E-state index in [4.69, 9.17) is 4.74 Å². The molecule has 0 unspecified atom stereocenters. The SMILES string of the molecule is O=C(O)c1ccc(C2(NC(=O)c3cc(Oc4ccccc4)cc4ccn(Cc5ccc(-c6ccccc6)cc5)c34)CC2)cc1. The van der Waals surface area contributed by atoms with Gasteiger partial charge >= 0.3 is 5.97 Å². The largest absolute Gasteiger partial charge is 0.478 e. The van der Waals surface area contributed by atoms with E-state index in [1.165, 1.54) is 5.56 Å². The van der Waals surface area contributed by atoms with Gasteiger partial charge in [0.05, 0.1) is 22.2 Å². The predicted octanol–water partition coefficient (Wildman–Crippen LogP) is 8.27. The minimum absolute atomic E-state index is 0.201. The Morgan fingerprint density at radius 1 is 0.750 bits per heavy atom. The smallest absolute Gasteiger partial charge is 0.335 e. The first-order chi connectivity index (χ1) is 21.5. The van der Waals surface area contributed by atoms with E-state index in [-0.39, 0.29) is 11.5 Å². The zero-order valence-electron chi connectivity index (χ0n) is 23.9. The fourth-order valence-electron chi connectivity index (χ4n) is 5.77. The van der Waals surface area contributed by atoms with Crippen LogP contribution in [-0.4, -0.2) is 21.6 Å². The molecule has 1 aromatic heterocycles. The highest BCUT2D eigenvalue weighted by molar-refractivity contribution is 6.07. The first-order valence-electron chi connectivity index (χ1n) is 14.6. The molecule has 7 rings (SSSR count). The van der Waals surface area contributed by atoms with Gasteiger partial charge in [-0.25, -0.2) is 4.79 Å². The van der Waals surface area contributed by atoms with E-state index in [1.54, 1.807) is 24.3 Å². The second-order valence-electron chi connectivity index (χ2n) is 11.2. The molecular formula is C38H30N2O4. The first-order valence-corrected chi connectivity index (χ1v) is 14.6. The molecule has 5 aromatic carbocycles. The molecule has 0 radical (unpaired) electrons. The van der Waals surface area contributed by atoms with E-state index in [0.717, 1.165) is 40.4 Å². The molecule has 1 saturated carbocycles. The van der Waals surface area contributed by atoms with Crippen LogP contribution in [0.3, 0.4) is 0 Å². The minimum Gasteiger partial charge on any atom is -0.478 e. The number of ether oxygens (including phenoxy) is 1. The van der Waals surface area contributed by atoms with Crippen LogP contribution in [0.25, 0.3) is 22.0 Å². The quantitative estimate of drug-likeness (QED) is 0.181. The lowest BCUT2D eigenvalue weighted by Crippen LogP contribution is -2.35. The summed E-state index contributed by atoms with van der Waals surface area (Å²) in [4.78, 5) is 25.5. The zero-order chi connectivity index (χ0) is 30.1. The number of carbonyl (C=O) groups excluding carboxylic acids is 1. The molecule has 6 nitrogen and oxygen atoms in total. The zero-order valence-corrected chi connectivity index (χ0v) is 23.9. The van der Waals surface area contributed by atoms with Gasteiger partial charge in [-0.15, -0.1) is 0 Å². The number of carbonyl (C=O) groups is 2. The number of hydrogen-bond donors (Lipinski definition) is 2. The van der Waals surface area contributed by atoms with Crippen molar-refractivity contribution in [2.24, 2.45) is 0 Å². The standard InChI is InChI=1S/C38H30N2O4/c41-36(39-38(20-21-38)31-17-15-29(16-18-31)37(42)43)34-24-33(44-32-9-5-2-6-10-32)23-30-19-22-40(35(30)34)25-26-11-13-28(14-12-26)27-7-3-1-4-8-27/h1-19,22-24H,20-21,25H2,(H,39,41)(H,42,43). The topological polar surface area (TPSA) is 80.6 Å². The van der Waals surface area contributed by atoms with Gasteiger partial charge in [-0.2, -0.15) is 0 Å². The molecule has 0 saturated heterocycles. The van der Waals surface area contributed by atoms with Gasteiger partial charge in [-0.1, -0.05) is 84.9 Å². The maximum absolute atomic E-state index is 14.1. The van der Waals surface area contributed by atoms with Crippen molar-refractivity contribution < 1.29 is 19.4 Å². The number of nitrogens with zero attached hydrogens (tertiary/aromatic N) is 1. The Morgan fingerprint density at radius 3 is 2.07 bits per heavy atom. The van der Waals surface area contributed by atoms with Crippen LogP contribution in [0.1, 0.15) is 44.7 Å². The summed E-state index contributed by atoms with van der Waals surface area (Å²) in [7, 11) is 0. The number of amides is 1. The predicted molar refractivity (Wildman–Crippen MR) is 171 cm³/mol. The average Bonchev–Trinajstić information content (AvgIpc) is 3.74. The molecule has 1 amide bonds. The van der Waals surface area contributed by atoms with E-state index in [1.807, 2.05) is 72.9 Å². The second kappa shape index (κ2) is 11.2. The van der Waals surface area contributed by atoms with E-state index in [0.29, 0.717) is 23.6 Å². The highest BCUT2D eigenvalue weighted by Crippen LogP contribution is 2.46. The lowest BCUT2D eigenvalue weighted by Gasteiger charge is -2.20. The minimum atomic E-state index is -0.974. The molecule has 2 N–H and O–H groups in total. The highest BCUT2D eigenvalue weighted by Gasteiger charge is 2.46. The Labute approximate surface area is 255 Å². The lowest BCUT2D eigenvalue weighted by molar-refractivity contribution is 0.0696. The number of aromatic carboxylic acids is 1. The van der Waals surface area contributed by atoms with E-state index in [2.05, 4.69) is 46.3 Å². The number of para-hydroxylation sites is 1. The lowest BCUT2D eigenvalue weighted by atomic mass is 10.0. The molecule has 0 spiro atoms. The van der Waals surface area contributed by atoms with Crippen molar-refractivity contribution in [3.8, 4) is 22.6 Å². The third kappa shape index (κ3) is 5.45. The van der Waals surface area contributed by atoms with Crippen LogP contribution in [0.4, 0.5) is 0 Å². The van der Waals surface area contributed by atoms with Crippen LogP contribution >= 0.6 is 0 Å². The third-order valence-electron chi connectivity index (χ3n) is 8.26. The Hall–Kier alpha value is -5.62. The highest BCUT2D eigenvalue weighted by atomic mass is 16.5. The maximum atomic E-state index is 14.1. The molecule has 1 heterocycles. The number of carboxylic acid groups (broad SMARTS) is 1. The monoisotopic (exact) mass is 578 g/mol. The first kappa shape index (κ1) is 27.2. The van der Waals surface area contributed by atoms with Crippen molar-refractivity contribution in [1.82, 2.24) is 9.88 Å². The third-order valence-corrected chi connectivity index (χ3v) is 8.26. The van der Waals surface area contributed by atoms with Crippen LogP contribution in [0, 0.1) is 0 Å². The molecule has 0 aliphatic heterocycles. The molecule has 1 aliphatic rings. The van der Waals surface area contributed by atoms with Crippen molar-refractivity contribution in [3.63, 3.8) is 0 Å². The van der Waals surface area contributed by atoms with Crippen LogP contribution < -0.4 is 10.1 Å². The van der Waals surface area contributed by atoms with E-state index < -0.39 is 11.5 Å². The van der Waals surface area contributed by atoms with Gasteiger partial charge in [0, 0.05) is 18.1 Å². The summed E-state index contributed by atoms with van der Waals surface area (Å²) in [5.74, 6) is 0.0917. The van der Waals surface area contributed by atoms with Gasteiger partial charge in [0.15, 0.2) is 0 Å². The fraction of sp³-hybridized carbons (Fsp3) is 0.105. The van der Waals surface area contributed by atoms with E-state index >= 15 is 0 Å². The summed E-state index contributed by atoms with van der Waals surface area (Å²) >= 11 is 0. The average molecular weight is 579 g/mol. The van der Waals surface area contributed by atoms with Crippen molar-refractivity contribution in [1.29, 1.82) is 0 Å². The van der Waals surface area contributed by atoms with Gasteiger partial charge < -0.3 is 19.7 Å². The molecule has 0 bridgehead atoms. The fourth-order valence-corrected chi connectivity index (χ4v) is 5.77. The van der Waals surface area contributed by atoms with Crippen LogP contribution in [-0.2, 0) is 12.1 Å². The summed E-state index contributed by atoms with van der Waals surface area (Å²) in [5, 5.41) is 13.5. The number of nitrogens with one attached hydrogen (secondary N) is 1.